The third-order valence-corrected chi connectivity index (χ3v) is 1.55. The highest BCUT2D eigenvalue weighted by atomic mass is 16.5. The molecule has 0 unspecified atom stereocenters. The fourth-order valence-corrected chi connectivity index (χ4v) is 0.854. The van der Waals surface area contributed by atoms with Crippen LogP contribution in [0.25, 0.3) is 0 Å². The van der Waals surface area contributed by atoms with Gasteiger partial charge < -0.3 is 4.74 Å². The summed E-state index contributed by atoms with van der Waals surface area (Å²) in [6, 6.07) is 6.47. The van der Waals surface area contributed by atoms with Crippen molar-refractivity contribution in [1.82, 2.24) is 0 Å². The van der Waals surface area contributed by atoms with Gasteiger partial charge in [-0.15, -0.1) is 0 Å². The van der Waals surface area contributed by atoms with Crippen LogP contribution in [-0.4, -0.2) is 5.97 Å². The highest BCUT2D eigenvalue weighted by Crippen LogP contribution is 2.08. The third-order valence-electron chi connectivity index (χ3n) is 1.55. The van der Waals surface area contributed by atoms with E-state index in [1.54, 1.807) is 18.2 Å². The zero-order chi connectivity index (χ0) is 12.2. The van der Waals surface area contributed by atoms with E-state index in [2.05, 4.69) is 6.58 Å². The van der Waals surface area contributed by atoms with E-state index in [9.17, 15) is 4.79 Å². The minimum atomic E-state index is -2.20. The van der Waals surface area contributed by atoms with E-state index < -0.39 is 12.8 Å². The number of carbonyl (C=O) groups excluding carboxylic acids is 1. The summed E-state index contributed by atoms with van der Waals surface area (Å²) in [6.07, 6.45) is 1.04. The van der Waals surface area contributed by atoms with E-state index in [4.69, 9.17) is 8.85 Å². The van der Waals surface area contributed by atoms with Gasteiger partial charge in [-0.25, -0.2) is 4.79 Å². The first-order chi connectivity index (χ1) is 7.45. The van der Waals surface area contributed by atoms with Gasteiger partial charge in [0.15, 0.2) is 0 Å². The van der Waals surface area contributed by atoms with E-state index >= 15 is 0 Å². The Kier molecular flexibility index (Phi) is 2.05. The molecule has 0 saturated carbocycles. The topological polar surface area (TPSA) is 26.3 Å². The Morgan fingerprint density at radius 2 is 2.46 bits per heavy atom. The van der Waals surface area contributed by atoms with Crippen molar-refractivity contribution in [3.63, 3.8) is 0 Å². The van der Waals surface area contributed by atoms with Crippen LogP contribution in [0.1, 0.15) is 15.2 Å². The fraction of sp³-hybridized carbons (Fsp3) is 0.182. The summed E-state index contributed by atoms with van der Waals surface area (Å²) in [5.41, 5.74) is 0.685. The van der Waals surface area contributed by atoms with E-state index in [1.165, 1.54) is 6.07 Å². The molecule has 1 rings (SSSR count). The van der Waals surface area contributed by atoms with Gasteiger partial charge in [-0.3, -0.25) is 0 Å². The van der Waals surface area contributed by atoms with Crippen LogP contribution in [0.5, 0.6) is 0 Å². The lowest BCUT2D eigenvalue weighted by Crippen LogP contribution is -2.01. The molecule has 0 aliphatic rings. The summed E-state index contributed by atoms with van der Waals surface area (Å²) in [6.45, 7) is 1.01. The summed E-state index contributed by atoms with van der Waals surface area (Å²) in [7, 11) is 0. The van der Waals surface area contributed by atoms with Gasteiger partial charge in [0.1, 0.15) is 6.61 Å². The maximum Gasteiger partial charge on any atom is 0.330 e. The standard InChI is InChI=1S/C11H12O2/c1-3-11(12)13-8-10-7-5-4-6-9(10)2/h3-7H,1,8H2,2H3/i2+1D3. The van der Waals surface area contributed by atoms with Gasteiger partial charge in [0.25, 0.3) is 0 Å². The normalized spacial score (nSPS) is 13.7. The Hall–Kier alpha value is -1.57. The van der Waals surface area contributed by atoms with Crippen LogP contribution in [0.4, 0.5) is 0 Å². The van der Waals surface area contributed by atoms with Crippen LogP contribution in [0.3, 0.4) is 0 Å². The number of esters is 1. The summed E-state index contributed by atoms with van der Waals surface area (Å²) >= 11 is 0. The molecule has 0 atom stereocenters. The van der Waals surface area contributed by atoms with Gasteiger partial charge in [-0.1, -0.05) is 30.8 Å². The molecule has 0 spiro atoms. The molecule has 13 heavy (non-hydrogen) atoms. The number of hydrogen-bond acceptors (Lipinski definition) is 2. The summed E-state index contributed by atoms with van der Waals surface area (Å²) in [5.74, 6) is -0.569. The summed E-state index contributed by atoms with van der Waals surface area (Å²) < 4.78 is 26.8. The minimum Gasteiger partial charge on any atom is -0.458 e. The number of carbonyl (C=O) groups is 1. The average Bonchev–Trinajstić information content (AvgIpc) is 2.25. The molecule has 0 heterocycles. The Morgan fingerprint density at radius 3 is 3.15 bits per heavy atom. The molecular weight excluding hydrogens is 165 g/mol. The monoisotopic (exact) mass is 180 g/mol. The molecule has 1 aromatic carbocycles. The van der Waals surface area contributed by atoms with Crippen molar-refractivity contribution in [1.29, 1.82) is 0 Å². The van der Waals surface area contributed by atoms with Gasteiger partial charge >= 0.3 is 5.97 Å². The Morgan fingerprint density at radius 1 is 1.69 bits per heavy atom. The van der Waals surface area contributed by atoms with Gasteiger partial charge in [0.2, 0.25) is 0 Å². The molecule has 0 N–H and O–H groups in total. The van der Waals surface area contributed by atoms with Gasteiger partial charge in [-0.05, 0) is 18.0 Å². The lowest BCUT2D eigenvalue weighted by Gasteiger charge is -2.04. The van der Waals surface area contributed by atoms with E-state index in [1.807, 2.05) is 0 Å². The van der Waals surface area contributed by atoms with Crippen molar-refractivity contribution in [2.45, 2.75) is 13.5 Å². The number of benzene rings is 1. The maximum atomic E-state index is 10.9. The Balaban J connectivity index is 2.87. The average molecular weight is 180 g/mol. The van der Waals surface area contributed by atoms with Crippen LogP contribution >= 0.6 is 0 Å². The van der Waals surface area contributed by atoms with Crippen molar-refractivity contribution in [3.05, 3.63) is 48.0 Å². The number of rotatable bonds is 3. The van der Waals surface area contributed by atoms with Crippen molar-refractivity contribution in [2.24, 2.45) is 0 Å². The van der Waals surface area contributed by atoms with Crippen molar-refractivity contribution in [2.75, 3.05) is 0 Å². The lowest BCUT2D eigenvalue weighted by molar-refractivity contribution is -0.138. The molecule has 68 valence electrons. The molecule has 0 fully saturated rings. The van der Waals surface area contributed by atoms with Crippen molar-refractivity contribution < 1.29 is 13.6 Å². The van der Waals surface area contributed by atoms with Crippen LogP contribution in [0.15, 0.2) is 36.9 Å². The van der Waals surface area contributed by atoms with E-state index in [-0.39, 0.29) is 12.2 Å². The second-order valence-corrected chi connectivity index (χ2v) is 2.47. The lowest BCUT2D eigenvalue weighted by atomic mass is 10.2. The molecule has 2 heteroatoms. The SMILES string of the molecule is [2H][13C]([2H])([2H])c1ccccc1COC(=O)C=C. The molecule has 0 bridgehead atoms. The first-order valence-corrected chi connectivity index (χ1v) is 3.82. The summed E-state index contributed by atoms with van der Waals surface area (Å²) in [4.78, 5) is 10.9. The first kappa shape index (κ1) is 5.97. The Labute approximate surface area is 82.1 Å². The maximum absolute atomic E-state index is 10.9. The van der Waals surface area contributed by atoms with Crippen LogP contribution in [0, 0.1) is 6.85 Å². The predicted octanol–water partition coefficient (Wildman–Crippen LogP) is 2.22. The highest BCUT2D eigenvalue weighted by Gasteiger charge is 1.99. The molecule has 0 aromatic heterocycles. The molecule has 0 aliphatic heterocycles. The summed E-state index contributed by atoms with van der Waals surface area (Å²) in [5, 5.41) is 0. The highest BCUT2D eigenvalue weighted by molar-refractivity contribution is 5.81. The van der Waals surface area contributed by atoms with E-state index in [0.29, 0.717) is 5.56 Å². The number of hydrogen-bond donors (Lipinski definition) is 0. The Bertz CT molecular complexity index is 396. The second kappa shape index (κ2) is 4.45. The van der Waals surface area contributed by atoms with Gasteiger partial charge in [-0.2, -0.15) is 0 Å². The fourth-order valence-electron chi connectivity index (χ4n) is 0.854. The van der Waals surface area contributed by atoms with Crippen molar-refractivity contribution >= 4 is 5.97 Å². The smallest absolute Gasteiger partial charge is 0.330 e. The third kappa shape index (κ3) is 2.75. The largest absolute Gasteiger partial charge is 0.458 e. The van der Waals surface area contributed by atoms with E-state index in [0.717, 1.165) is 6.08 Å². The van der Waals surface area contributed by atoms with Crippen LogP contribution in [0.2, 0.25) is 0 Å². The number of aryl methyl sites for hydroxylation is 1. The molecule has 0 aliphatic carbocycles. The quantitative estimate of drug-likeness (QED) is 0.405. The number of ether oxygens (including phenoxy) is 1. The molecule has 0 amide bonds. The zero-order valence-electron chi connectivity index (χ0n) is 10.1. The van der Waals surface area contributed by atoms with Crippen LogP contribution < -0.4 is 0 Å². The van der Waals surface area contributed by atoms with Crippen LogP contribution in [-0.2, 0) is 16.1 Å². The molecular formula is C11H12O2. The molecule has 0 saturated heterocycles. The molecule has 1 aromatic rings. The predicted molar refractivity (Wildman–Crippen MR) is 51.2 cm³/mol. The van der Waals surface area contributed by atoms with Crippen molar-refractivity contribution in [3.8, 4) is 0 Å². The van der Waals surface area contributed by atoms with Gasteiger partial charge in [0, 0.05) is 10.2 Å². The first-order valence-electron chi connectivity index (χ1n) is 5.32. The molecule has 2 nitrogen and oxygen atoms in total. The molecule has 0 radical (unpaired) electrons. The second-order valence-electron chi connectivity index (χ2n) is 2.47. The van der Waals surface area contributed by atoms with Gasteiger partial charge in [0.05, 0.1) is 0 Å². The zero-order valence-corrected chi connectivity index (χ0v) is 7.12. The minimum absolute atomic E-state index is 0.0561.